The molecule has 2 nitrogen and oxygen atoms in total. The number of rotatable bonds is 3. The summed E-state index contributed by atoms with van der Waals surface area (Å²) in [7, 11) is 0. The van der Waals surface area contributed by atoms with Gasteiger partial charge in [-0.25, -0.2) is 0 Å². The van der Waals surface area contributed by atoms with E-state index in [-0.39, 0.29) is 11.8 Å². The topological polar surface area (TPSA) is 37.3 Å². The molecule has 1 aliphatic carbocycles. The second kappa shape index (κ2) is 4.28. The molecule has 1 atom stereocenters. The average Bonchev–Trinajstić information content (AvgIpc) is 2.29. The first kappa shape index (κ1) is 11.2. The Balaban J connectivity index is 2.44. The van der Waals surface area contributed by atoms with Crippen molar-refractivity contribution in [2.75, 3.05) is 0 Å². The summed E-state index contributed by atoms with van der Waals surface area (Å²) in [6, 6.07) is 8.32. The maximum atomic E-state index is 11.0. The van der Waals surface area contributed by atoms with Gasteiger partial charge in [-0.05, 0) is 36.8 Å². The van der Waals surface area contributed by atoms with Crippen LogP contribution in [0.15, 0.2) is 24.3 Å². The van der Waals surface area contributed by atoms with Gasteiger partial charge in [0, 0.05) is 5.41 Å². The van der Waals surface area contributed by atoms with E-state index in [1.165, 1.54) is 11.1 Å². The molecule has 86 valence electrons. The average molecular weight is 218 g/mol. The van der Waals surface area contributed by atoms with Gasteiger partial charge in [-0.1, -0.05) is 31.2 Å². The molecule has 1 N–H and O–H groups in total. The molecule has 1 aromatic carbocycles. The van der Waals surface area contributed by atoms with Crippen LogP contribution in [-0.2, 0) is 16.6 Å². The first-order valence-electron chi connectivity index (χ1n) is 5.98. The fourth-order valence-corrected chi connectivity index (χ4v) is 2.97. The van der Waals surface area contributed by atoms with Crippen LogP contribution in [-0.4, -0.2) is 11.1 Å². The second-order valence-electron chi connectivity index (χ2n) is 4.72. The van der Waals surface area contributed by atoms with Crippen LogP contribution in [0.2, 0.25) is 0 Å². The van der Waals surface area contributed by atoms with E-state index in [9.17, 15) is 4.79 Å². The van der Waals surface area contributed by atoms with Crippen molar-refractivity contribution in [3.05, 3.63) is 35.4 Å². The van der Waals surface area contributed by atoms with Crippen molar-refractivity contribution in [3.8, 4) is 0 Å². The SMILES string of the molecule is CC[C@]1(CC(=O)O)CCCc2ccccc21. The van der Waals surface area contributed by atoms with Crippen molar-refractivity contribution in [3.63, 3.8) is 0 Å². The molecule has 0 amide bonds. The molecule has 0 unspecified atom stereocenters. The lowest BCUT2D eigenvalue weighted by molar-refractivity contribution is -0.138. The van der Waals surface area contributed by atoms with Gasteiger partial charge in [-0.3, -0.25) is 4.79 Å². The monoisotopic (exact) mass is 218 g/mol. The fraction of sp³-hybridized carbons (Fsp3) is 0.500. The molecule has 0 spiro atoms. The summed E-state index contributed by atoms with van der Waals surface area (Å²) in [6.45, 7) is 2.10. The van der Waals surface area contributed by atoms with Crippen LogP contribution in [0.1, 0.15) is 43.7 Å². The van der Waals surface area contributed by atoms with Crippen LogP contribution < -0.4 is 0 Å². The number of carboxylic acids is 1. The summed E-state index contributed by atoms with van der Waals surface area (Å²) >= 11 is 0. The maximum absolute atomic E-state index is 11.0. The Kier molecular flexibility index (Phi) is 2.99. The Hall–Kier alpha value is -1.31. The molecule has 0 bridgehead atoms. The number of aryl methyl sites for hydroxylation is 1. The fourth-order valence-electron chi connectivity index (χ4n) is 2.97. The van der Waals surface area contributed by atoms with Gasteiger partial charge in [0.15, 0.2) is 0 Å². The highest BCUT2D eigenvalue weighted by molar-refractivity contribution is 5.69. The molecule has 0 fully saturated rings. The number of aliphatic carboxylic acids is 1. The summed E-state index contributed by atoms with van der Waals surface area (Å²) in [6.07, 6.45) is 4.39. The molecule has 0 heterocycles. The largest absolute Gasteiger partial charge is 0.481 e. The first-order valence-corrected chi connectivity index (χ1v) is 5.98. The van der Waals surface area contributed by atoms with Gasteiger partial charge < -0.3 is 5.11 Å². The molecule has 2 rings (SSSR count). The zero-order valence-corrected chi connectivity index (χ0v) is 9.70. The van der Waals surface area contributed by atoms with Crippen LogP contribution >= 0.6 is 0 Å². The summed E-state index contributed by atoms with van der Waals surface area (Å²) in [5, 5.41) is 9.09. The van der Waals surface area contributed by atoms with Crippen LogP contribution in [0.5, 0.6) is 0 Å². The maximum Gasteiger partial charge on any atom is 0.304 e. The van der Waals surface area contributed by atoms with E-state index in [0.717, 1.165) is 25.7 Å². The lowest BCUT2D eigenvalue weighted by Crippen LogP contribution is -2.32. The Morgan fingerprint density at radius 3 is 2.88 bits per heavy atom. The lowest BCUT2D eigenvalue weighted by Gasteiger charge is -2.37. The van der Waals surface area contributed by atoms with E-state index in [0.29, 0.717) is 0 Å². The number of carboxylic acid groups (broad SMARTS) is 1. The van der Waals surface area contributed by atoms with E-state index in [1.54, 1.807) is 0 Å². The number of carbonyl (C=O) groups is 1. The van der Waals surface area contributed by atoms with Crippen molar-refractivity contribution in [1.29, 1.82) is 0 Å². The third-order valence-electron chi connectivity index (χ3n) is 3.86. The smallest absolute Gasteiger partial charge is 0.304 e. The van der Waals surface area contributed by atoms with Gasteiger partial charge in [0.1, 0.15) is 0 Å². The van der Waals surface area contributed by atoms with Crippen LogP contribution in [0.4, 0.5) is 0 Å². The van der Waals surface area contributed by atoms with Gasteiger partial charge in [-0.2, -0.15) is 0 Å². The predicted molar refractivity (Wildman–Crippen MR) is 63.6 cm³/mol. The number of fused-ring (bicyclic) bond motifs is 1. The molecule has 0 aliphatic heterocycles. The predicted octanol–water partition coefficient (Wildman–Crippen LogP) is 3.15. The van der Waals surface area contributed by atoms with Crippen LogP contribution in [0.25, 0.3) is 0 Å². The van der Waals surface area contributed by atoms with Gasteiger partial charge in [0.05, 0.1) is 6.42 Å². The highest BCUT2D eigenvalue weighted by Crippen LogP contribution is 2.42. The van der Waals surface area contributed by atoms with Gasteiger partial charge in [0.2, 0.25) is 0 Å². The highest BCUT2D eigenvalue weighted by Gasteiger charge is 2.36. The molecule has 1 aliphatic rings. The van der Waals surface area contributed by atoms with Crippen molar-refractivity contribution >= 4 is 5.97 Å². The minimum absolute atomic E-state index is 0.124. The Labute approximate surface area is 96.3 Å². The van der Waals surface area contributed by atoms with Crippen molar-refractivity contribution in [1.82, 2.24) is 0 Å². The van der Waals surface area contributed by atoms with Crippen LogP contribution in [0, 0.1) is 0 Å². The molecule has 0 radical (unpaired) electrons. The standard InChI is InChI=1S/C14H18O2/c1-2-14(10-13(15)16)9-5-7-11-6-3-4-8-12(11)14/h3-4,6,8H,2,5,7,9-10H2,1H3,(H,15,16)/t14-/m1/s1. The Morgan fingerprint density at radius 2 is 2.19 bits per heavy atom. The third-order valence-corrected chi connectivity index (χ3v) is 3.86. The molecule has 0 saturated heterocycles. The third kappa shape index (κ3) is 1.84. The van der Waals surface area contributed by atoms with E-state index in [2.05, 4.69) is 19.1 Å². The number of hydrogen-bond acceptors (Lipinski definition) is 1. The number of hydrogen-bond donors (Lipinski definition) is 1. The lowest BCUT2D eigenvalue weighted by atomic mass is 9.66. The zero-order chi connectivity index (χ0) is 11.6. The van der Waals surface area contributed by atoms with E-state index < -0.39 is 5.97 Å². The van der Waals surface area contributed by atoms with Gasteiger partial charge in [0.25, 0.3) is 0 Å². The van der Waals surface area contributed by atoms with Gasteiger partial charge >= 0.3 is 5.97 Å². The van der Waals surface area contributed by atoms with Crippen LogP contribution in [0.3, 0.4) is 0 Å². The minimum atomic E-state index is -0.682. The summed E-state index contributed by atoms with van der Waals surface area (Å²) < 4.78 is 0. The quantitative estimate of drug-likeness (QED) is 0.846. The van der Waals surface area contributed by atoms with E-state index in [4.69, 9.17) is 5.11 Å². The van der Waals surface area contributed by atoms with Crippen molar-refractivity contribution in [2.24, 2.45) is 0 Å². The molecule has 2 heteroatoms. The van der Waals surface area contributed by atoms with E-state index >= 15 is 0 Å². The number of benzene rings is 1. The Morgan fingerprint density at radius 1 is 1.44 bits per heavy atom. The molecule has 16 heavy (non-hydrogen) atoms. The van der Waals surface area contributed by atoms with Crippen molar-refractivity contribution in [2.45, 2.75) is 44.4 Å². The molecule has 0 saturated carbocycles. The summed E-state index contributed by atoms with van der Waals surface area (Å²) in [4.78, 5) is 11.0. The van der Waals surface area contributed by atoms with Gasteiger partial charge in [-0.15, -0.1) is 0 Å². The second-order valence-corrected chi connectivity index (χ2v) is 4.72. The molecule has 0 aromatic heterocycles. The normalized spacial score (nSPS) is 23.8. The Bertz CT molecular complexity index is 397. The zero-order valence-electron chi connectivity index (χ0n) is 9.70. The molecule has 1 aromatic rings. The highest BCUT2D eigenvalue weighted by atomic mass is 16.4. The molecular weight excluding hydrogens is 200 g/mol. The minimum Gasteiger partial charge on any atom is -0.481 e. The van der Waals surface area contributed by atoms with E-state index in [1.807, 2.05) is 12.1 Å². The summed E-state index contributed by atoms with van der Waals surface area (Å²) in [5.74, 6) is -0.682. The molecular formula is C14H18O2. The summed E-state index contributed by atoms with van der Waals surface area (Å²) in [5.41, 5.74) is 2.49. The van der Waals surface area contributed by atoms with Crippen molar-refractivity contribution < 1.29 is 9.90 Å². The first-order chi connectivity index (χ1) is 7.68.